The maximum Gasteiger partial charge on any atom is 0.275 e. The van der Waals surface area contributed by atoms with Crippen LogP contribution in [-0.2, 0) is 0 Å². The fourth-order valence-corrected chi connectivity index (χ4v) is 2.05. The molecular formula is C16H16N4O4. The average Bonchev–Trinajstić information content (AvgIpc) is 2.54. The van der Waals surface area contributed by atoms with Crippen molar-refractivity contribution >= 4 is 23.5 Å². The van der Waals surface area contributed by atoms with Crippen LogP contribution in [0, 0.1) is 10.1 Å². The molecule has 0 heterocycles. The number of nitrogens with zero attached hydrogens (tertiary/aromatic N) is 3. The van der Waals surface area contributed by atoms with Crippen molar-refractivity contribution in [2.24, 2.45) is 5.10 Å². The molecule has 0 atom stereocenters. The Morgan fingerprint density at radius 3 is 2.62 bits per heavy atom. The number of rotatable bonds is 5. The quantitative estimate of drug-likeness (QED) is 0.496. The average molecular weight is 328 g/mol. The molecule has 2 aromatic rings. The summed E-state index contributed by atoms with van der Waals surface area (Å²) in [4.78, 5) is 24.1. The summed E-state index contributed by atoms with van der Waals surface area (Å²) in [7, 11) is 3.58. The highest BCUT2D eigenvalue weighted by Gasteiger charge is 2.12. The Morgan fingerprint density at radius 2 is 2.00 bits per heavy atom. The third-order valence-corrected chi connectivity index (χ3v) is 3.22. The number of nitrogens with one attached hydrogen (secondary N) is 1. The van der Waals surface area contributed by atoms with E-state index in [2.05, 4.69) is 10.5 Å². The lowest BCUT2D eigenvalue weighted by molar-refractivity contribution is -0.384. The molecule has 8 nitrogen and oxygen atoms in total. The second kappa shape index (κ2) is 7.23. The molecule has 2 N–H and O–H groups in total. The van der Waals surface area contributed by atoms with Crippen molar-refractivity contribution in [3.05, 3.63) is 63.7 Å². The molecule has 0 aromatic heterocycles. The van der Waals surface area contributed by atoms with Gasteiger partial charge in [0.15, 0.2) is 0 Å². The van der Waals surface area contributed by atoms with E-state index in [0.717, 1.165) is 0 Å². The highest BCUT2D eigenvalue weighted by Crippen LogP contribution is 2.22. The summed E-state index contributed by atoms with van der Waals surface area (Å²) < 4.78 is 0. The largest absolute Gasteiger partial charge is 0.507 e. The number of nitro groups is 1. The Kier molecular flexibility index (Phi) is 5.10. The number of hydrazone groups is 1. The molecule has 0 saturated heterocycles. The van der Waals surface area contributed by atoms with Gasteiger partial charge in [0, 0.05) is 37.5 Å². The lowest BCUT2D eigenvalue weighted by atomic mass is 10.1. The fourth-order valence-electron chi connectivity index (χ4n) is 2.05. The van der Waals surface area contributed by atoms with Crippen molar-refractivity contribution < 1.29 is 14.8 Å². The number of phenols is 1. The second-order valence-corrected chi connectivity index (χ2v) is 5.11. The van der Waals surface area contributed by atoms with Crippen LogP contribution in [0.15, 0.2) is 47.6 Å². The smallest absolute Gasteiger partial charge is 0.275 e. The summed E-state index contributed by atoms with van der Waals surface area (Å²) in [5.41, 5.74) is 3.48. The topological polar surface area (TPSA) is 108 Å². The van der Waals surface area contributed by atoms with E-state index in [1.165, 1.54) is 30.5 Å². The number of non-ortho nitro benzene ring substituents is 1. The van der Waals surface area contributed by atoms with E-state index in [0.29, 0.717) is 11.3 Å². The Morgan fingerprint density at radius 1 is 1.29 bits per heavy atom. The van der Waals surface area contributed by atoms with Gasteiger partial charge in [0.1, 0.15) is 5.75 Å². The summed E-state index contributed by atoms with van der Waals surface area (Å²) in [5.74, 6) is -0.740. The number of phenolic OH excluding ortho intramolecular Hbond substituents is 1. The van der Waals surface area contributed by atoms with Crippen molar-refractivity contribution in [1.82, 2.24) is 5.43 Å². The number of nitro benzene ring substituents is 1. The Labute approximate surface area is 138 Å². The number of amides is 1. The van der Waals surface area contributed by atoms with Crippen LogP contribution in [0.1, 0.15) is 15.9 Å². The van der Waals surface area contributed by atoms with Crippen LogP contribution in [-0.4, -0.2) is 36.2 Å². The zero-order chi connectivity index (χ0) is 17.7. The summed E-state index contributed by atoms with van der Waals surface area (Å²) in [6.45, 7) is 0. The van der Waals surface area contributed by atoms with Crippen molar-refractivity contribution in [3.63, 3.8) is 0 Å². The predicted molar refractivity (Wildman–Crippen MR) is 90.6 cm³/mol. The summed E-state index contributed by atoms with van der Waals surface area (Å²) in [6, 6.07) is 10.4. The monoisotopic (exact) mass is 328 g/mol. The number of para-hydroxylation sites is 1. The van der Waals surface area contributed by atoms with E-state index in [-0.39, 0.29) is 17.0 Å². The molecular weight excluding hydrogens is 312 g/mol. The van der Waals surface area contributed by atoms with Gasteiger partial charge in [-0.1, -0.05) is 12.1 Å². The third-order valence-electron chi connectivity index (χ3n) is 3.22. The predicted octanol–water partition coefficient (Wildman–Crippen LogP) is 2.13. The van der Waals surface area contributed by atoms with Crippen LogP contribution in [0.5, 0.6) is 5.75 Å². The molecule has 0 aliphatic carbocycles. The van der Waals surface area contributed by atoms with Gasteiger partial charge in [0.25, 0.3) is 11.6 Å². The number of anilines is 1. The molecule has 24 heavy (non-hydrogen) atoms. The van der Waals surface area contributed by atoms with Crippen LogP contribution < -0.4 is 10.3 Å². The molecule has 0 bridgehead atoms. The van der Waals surface area contributed by atoms with Gasteiger partial charge in [-0.25, -0.2) is 5.43 Å². The molecule has 8 heteroatoms. The van der Waals surface area contributed by atoms with Gasteiger partial charge in [-0.2, -0.15) is 5.10 Å². The fraction of sp³-hybridized carbons (Fsp3) is 0.125. The van der Waals surface area contributed by atoms with E-state index in [1.54, 1.807) is 37.2 Å². The van der Waals surface area contributed by atoms with Crippen LogP contribution in [0.2, 0.25) is 0 Å². The summed E-state index contributed by atoms with van der Waals surface area (Å²) in [5, 5.41) is 24.3. The highest BCUT2D eigenvalue weighted by atomic mass is 16.6. The first kappa shape index (κ1) is 16.9. The molecule has 0 aliphatic rings. The number of carbonyl (C=O) groups is 1. The molecule has 2 aromatic carbocycles. The van der Waals surface area contributed by atoms with Gasteiger partial charge in [-0.15, -0.1) is 0 Å². The van der Waals surface area contributed by atoms with E-state index >= 15 is 0 Å². The first-order valence-electron chi connectivity index (χ1n) is 6.97. The molecule has 2 rings (SSSR count). The number of carbonyl (C=O) groups excluding carboxylic acids is 1. The molecule has 0 aliphatic heterocycles. The molecule has 0 radical (unpaired) electrons. The number of hydrogen-bond acceptors (Lipinski definition) is 6. The van der Waals surface area contributed by atoms with Crippen molar-refractivity contribution in [2.75, 3.05) is 19.0 Å². The molecule has 0 unspecified atom stereocenters. The minimum Gasteiger partial charge on any atom is -0.507 e. The minimum atomic E-state index is -0.582. The molecule has 124 valence electrons. The van der Waals surface area contributed by atoms with Crippen LogP contribution in [0.25, 0.3) is 0 Å². The van der Waals surface area contributed by atoms with Crippen molar-refractivity contribution in [3.8, 4) is 5.75 Å². The molecule has 0 saturated carbocycles. The van der Waals surface area contributed by atoms with Crippen LogP contribution in [0.3, 0.4) is 0 Å². The van der Waals surface area contributed by atoms with Gasteiger partial charge in [0.2, 0.25) is 0 Å². The SMILES string of the molecule is CN(C)c1ccc([N+](=O)[O-])cc1/C=N\NC(=O)c1ccccc1O. The number of aromatic hydroxyl groups is 1. The van der Waals surface area contributed by atoms with E-state index in [1.807, 2.05) is 0 Å². The summed E-state index contributed by atoms with van der Waals surface area (Å²) >= 11 is 0. The highest BCUT2D eigenvalue weighted by molar-refractivity contribution is 5.97. The summed E-state index contributed by atoms with van der Waals surface area (Å²) in [6.07, 6.45) is 1.32. The first-order chi connectivity index (χ1) is 11.4. The van der Waals surface area contributed by atoms with Gasteiger partial charge >= 0.3 is 0 Å². The van der Waals surface area contributed by atoms with Crippen LogP contribution in [0.4, 0.5) is 11.4 Å². The van der Waals surface area contributed by atoms with E-state index in [9.17, 15) is 20.0 Å². The van der Waals surface area contributed by atoms with Gasteiger partial charge in [-0.05, 0) is 18.2 Å². The molecule has 0 spiro atoms. The maximum atomic E-state index is 11.9. The maximum absolute atomic E-state index is 11.9. The second-order valence-electron chi connectivity index (χ2n) is 5.11. The number of hydrogen-bond donors (Lipinski definition) is 2. The van der Waals surface area contributed by atoms with Gasteiger partial charge in [0.05, 0.1) is 16.7 Å². The van der Waals surface area contributed by atoms with Crippen molar-refractivity contribution in [1.29, 1.82) is 0 Å². The lowest BCUT2D eigenvalue weighted by Crippen LogP contribution is -2.18. The molecule has 0 fully saturated rings. The zero-order valence-electron chi connectivity index (χ0n) is 13.1. The standard InChI is InChI=1S/C16H16N4O4/c1-19(2)14-8-7-12(20(23)24)9-11(14)10-17-18-16(22)13-5-3-4-6-15(13)21/h3-10,21H,1-2H3,(H,18,22)/b17-10-. The van der Waals surface area contributed by atoms with E-state index in [4.69, 9.17) is 0 Å². The zero-order valence-corrected chi connectivity index (χ0v) is 13.1. The van der Waals surface area contributed by atoms with Crippen LogP contribution >= 0.6 is 0 Å². The lowest BCUT2D eigenvalue weighted by Gasteiger charge is -2.14. The molecule has 1 amide bonds. The number of benzene rings is 2. The Balaban J connectivity index is 2.22. The van der Waals surface area contributed by atoms with Crippen molar-refractivity contribution in [2.45, 2.75) is 0 Å². The van der Waals surface area contributed by atoms with E-state index < -0.39 is 10.8 Å². The first-order valence-corrected chi connectivity index (χ1v) is 6.97. The normalized spacial score (nSPS) is 10.6. The Hall–Kier alpha value is -3.42. The van der Waals surface area contributed by atoms with Gasteiger partial charge in [-0.3, -0.25) is 14.9 Å². The Bertz CT molecular complexity index is 802. The third kappa shape index (κ3) is 3.86. The van der Waals surface area contributed by atoms with Gasteiger partial charge < -0.3 is 10.0 Å². The minimum absolute atomic E-state index is 0.0749.